The molecule has 1 aromatic rings. The monoisotopic (exact) mass is 193 g/mol. The summed E-state index contributed by atoms with van der Waals surface area (Å²) in [6.07, 6.45) is 2.89. The molecule has 1 aliphatic rings. The van der Waals surface area contributed by atoms with Crippen molar-refractivity contribution in [2.45, 2.75) is 31.9 Å². The van der Waals surface area contributed by atoms with Crippen molar-refractivity contribution < 1.29 is 4.39 Å². The molecule has 0 heterocycles. The Kier molecular flexibility index (Phi) is 2.82. The minimum absolute atomic E-state index is 0.421. The Morgan fingerprint density at radius 2 is 2.21 bits per heavy atom. The summed E-state index contributed by atoms with van der Waals surface area (Å²) in [5, 5.41) is 0. The lowest BCUT2D eigenvalue weighted by Gasteiger charge is -2.12. The first-order valence-electron chi connectivity index (χ1n) is 5.27. The summed E-state index contributed by atoms with van der Waals surface area (Å²) in [7, 11) is 0. The van der Waals surface area contributed by atoms with Gasteiger partial charge in [-0.1, -0.05) is 18.2 Å². The number of hydrogen-bond donors (Lipinski definition) is 1. The molecular weight excluding hydrogens is 177 g/mol. The van der Waals surface area contributed by atoms with E-state index in [0.717, 1.165) is 18.4 Å². The number of rotatable bonds is 3. The van der Waals surface area contributed by atoms with E-state index < -0.39 is 6.17 Å². The normalized spacial score (nSPS) is 16.7. The van der Waals surface area contributed by atoms with Crippen LogP contribution in [0.3, 0.4) is 0 Å². The highest BCUT2D eigenvalue weighted by molar-refractivity contribution is 5.39. The standard InChI is InChI=1S/C12H16FN/c13-12(7-8-14)11-6-2-4-9-3-1-5-10(9)11/h2,4,6,12H,1,3,5,7-8,14H2. The van der Waals surface area contributed by atoms with Gasteiger partial charge in [0.2, 0.25) is 0 Å². The first-order valence-corrected chi connectivity index (χ1v) is 5.27. The molecule has 1 nitrogen and oxygen atoms in total. The third kappa shape index (κ3) is 1.67. The van der Waals surface area contributed by atoms with Gasteiger partial charge < -0.3 is 5.73 Å². The van der Waals surface area contributed by atoms with E-state index in [2.05, 4.69) is 6.07 Å². The molecule has 2 rings (SSSR count). The molecule has 1 aliphatic carbocycles. The highest BCUT2D eigenvalue weighted by Crippen LogP contribution is 2.31. The maximum atomic E-state index is 13.7. The number of alkyl halides is 1. The van der Waals surface area contributed by atoms with Gasteiger partial charge >= 0.3 is 0 Å². The van der Waals surface area contributed by atoms with Crippen LogP contribution in [0.1, 0.15) is 35.7 Å². The highest BCUT2D eigenvalue weighted by atomic mass is 19.1. The fraction of sp³-hybridized carbons (Fsp3) is 0.500. The SMILES string of the molecule is NCCC(F)c1cccc2c1CCC2. The summed E-state index contributed by atoms with van der Waals surface area (Å²) in [5.74, 6) is 0. The molecule has 14 heavy (non-hydrogen) atoms. The molecule has 2 heteroatoms. The second-order valence-electron chi connectivity index (χ2n) is 3.88. The molecule has 1 aromatic carbocycles. The van der Waals surface area contributed by atoms with Gasteiger partial charge in [0, 0.05) is 0 Å². The second kappa shape index (κ2) is 4.09. The van der Waals surface area contributed by atoms with E-state index in [1.165, 1.54) is 17.5 Å². The highest BCUT2D eigenvalue weighted by Gasteiger charge is 2.19. The van der Waals surface area contributed by atoms with Crippen molar-refractivity contribution in [3.8, 4) is 0 Å². The molecule has 0 bridgehead atoms. The van der Waals surface area contributed by atoms with Crippen LogP contribution in [0.25, 0.3) is 0 Å². The first-order chi connectivity index (χ1) is 6.83. The lowest BCUT2D eigenvalue weighted by molar-refractivity contribution is 0.326. The quantitative estimate of drug-likeness (QED) is 0.784. The molecule has 0 amide bonds. The largest absolute Gasteiger partial charge is 0.330 e. The van der Waals surface area contributed by atoms with E-state index in [-0.39, 0.29) is 0 Å². The molecule has 1 atom stereocenters. The molecule has 0 radical (unpaired) electrons. The Labute approximate surface area is 84.1 Å². The number of nitrogens with two attached hydrogens (primary N) is 1. The smallest absolute Gasteiger partial charge is 0.127 e. The van der Waals surface area contributed by atoms with Gasteiger partial charge in [0.25, 0.3) is 0 Å². The number of benzene rings is 1. The van der Waals surface area contributed by atoms with Crippen LogP contribution in [0, 0.1) is 0 Å². The number of hydrogen-bond acceptors (Lipinski definition) is 1. The zero-order valence-electron chi connectivity index (χ0n) is 8.30. The van der Waals surface area contributed by atoms with Gasteiger partial charge in [-0.2, -0.15) is 0 Å². The van der Waals surface area contributed by atoms with E-state index in [0.29, 0.717) is 13.0 Å². The van der Waals surface area contributed by atoms with Crippen LogP contribution in [0.2, 0.25) is 0 Å². The molecule has 0 aromatic heterocycles. The maximum Gasteiger partial charge on any atom is 0.127 e. The molecule has 0 aliphatic heterocycles. The number of halogens is 1. The zero-order valence-corrected chi connectivity index (χ0v) is 8.30. The van der Waals surface area contributed by atoms with Gasteiger partial charge in [-0.25, -0.2) is 4.39 Å². The van der Waals surface area contributed by atoms with E-state index in [4.69, 9.17) is 5.73 Å². The zero-order chi connectivity index (χ0) is 9.97. The van der Waals surface area contributed by atoms with Crippen LogP contribution in [0.15, 0.2) is 18.2 Å². The predicted molar refractivity (Wildman–Crippen MR) is 56.0 cm³/mol. The summed E-state index contributed by atoms with van der Waals surface area (Å²) in [6.45, 7) is 0.421. The summed E-state index contributed by atoms with van der Waals surface area (Å²) < 4.78 is 13.7. The molecule has 2 N–H and O–H groups in total. The summed E-state index contributed by atoms with van der Waals surface area (Å²) >= 11 is 0. The molecule has 76 valence electrons. The predicted octanol–water partition coefficient (Wildman–Crippen LogP) is 2.53. The summed E-state index contributed by atoms with van der Waals surface area (Å²) in [6, 6.07) is 5.98. The average Bonchev–Trinajstić information content (AvgIpc) is 2.65. The first kappa shape index (κ1) is 9.66. The second-order valence-corrected chi connectivity index (χ2v) is 3.88. The van der Waals surface area contributed by atoms with Gasteiger partial charge in [0.15, 0.2) is 0 Å². The van der Waals surface area contributed by atoms with Gasteiger partial charge in [-0.3, -0.25) is 0 Å². The molecule has 0 saturated carbocycles. The fourth-order valence-corrected chi connectivity index (χ4v) is 2.24. The lowest BCUT2D eigenvalue weighted by Crippen LogP contribution is -2.05. The van der Waals surface area contributed by atoms with Crippen molar-refractivity contribution in [2.24, 2.45) is 5.73 Å². The van der Waals surface area contributed by atoms with Gasteiger partial charge in [-0.15, -0.1) is 0 Å². The van der Waals surface area contributed by atoms with Gasteiger partial charge in [0.05, 0.1) is 0 Å². The molecule has 1 unspecified atom stereocenters. The van der Waals surface area contributed by atoms with Crippen molar-refractivity contribution in [1.82, 2.24) is 0 Å². The Morgan fingerprint density at radius 3 is 3.00 bits per heavy atom. The topological polar surface area (TPSA) is 26.0 Å². The van der Waals surface area contributed by atoms with Gasteiger partial charge in [-0.05, 0) is 48.9 Å². The van der Waals surface area contributed by atoms with E-state index >= 15 is 0 Å². The Hall–Kier alpha value is -0.890. The van der Waals surface area contributed by atoms with Crippen LogP contribution in [-0.2, 0) is 12.8 Å². The Morgan fingerprint density at radius 1 is 1.36 bits per heavy atom. The van der Waals surface area contributed by atoms with Crippen LogP contribution in [-0.4, -0.2) is 6.54 Å². The van der Waals surface area contributed by atoms with Crippen LogP contribution < -0.4 is 5.73 Å². The molecule has 0 saturated heterocycles. The Balaban J connectivity index is 2.29. The summed E-state index contributed by atoms with van der Waals surface area (Å²) in [4.78, 5) is 0. The van der Waals surface area contributed by atoms with Crippen molar-refractivity contribution in [3.63, 3.8) is 0 Å². The van der Waals surface area contributed by atoms with E-state index in [1.807, 2.05) is 12.1 Å². The van der Waals surface area contributed by atoms with Crippen LogP contribution >= 0.6 is 0 Å². The Bertz CT molecular complexity index is 322. The van der Waals surface area contributed by atoms with Crippen molar-refractivity contribution >= 4 is 0 Å². The van der Waals surface area contributed by atoms with Crippen molar-refractivity contribution in [2.75, 3.05) is 6.54 Å². The summed E-state index contributed by atoms with van der Waals surface area (Å²) in [5.41, 5.74) is 8.83. The third-order valence-corrected chi connectivity index (χ3v) is 2.94. The van der Waals surface area contributed by atoms with Gasteiger partial charge in [0.1, 0.15) is 6.17 Å². The minimum atomic E-state index is -0.868. The maximum absolute atomic E-state index is 13.7. The van der Waals surface area contributed by atoms with Crippen molar-refractivity contribution in [3.05, 3.63) is 34.9 Å². The molecule has 0 fully saturated rings. The third-order valence-electron chi connectivity index (χ3n) is 2.94. The minimum Gasteiger partial charge on any atom is -0.330 e. The average molecular weight is 193 g/mol. The number of fused-ring (bicyclic) bond motifs is 1. The lowest BCUT2D eigenvalue weighted by atomic mass is 9.98. The molecule has 0 spiro atoms. The van der Waals surface area contributed by atoms with Crippen LogP contribution in [0.4, 0.5) is 4.39 Å². The van der Waals surface area contributed by atoms with E-state index in [9.17, 15) is 4.39 Å². The van der Waals surface area contributed by atoms with Crippen molar-refractivity contribution in [1.29, 1.82) is 0 Å². The molecular formula is C12H16FN. The van der Waals surface area contributed by atoms with Crippen LogP contribution in [0.5, 0.6) is 0 Å². The fourth-order valence-electron chi connectivity index (χ4n) is 2.24. The number of aryl methyl sites for hydroxylation is 1. The van der Waals surface area contributed by atoms with E-state index in [1.54, 1.807) is 0 Å².